The van der Waals surface area contributed by atoms with Crippen molar-refractivity contribution in [2.45, 2.75) is 51.1 Å². The van der Waals surface area contributed by atoms with Crippen molar-refractivity contribution in [3.63, 3.8) is 0 Å². The minimum absolute atomic E-state index is 0.446. The largest absolute Gasteiger partial charge is 0.457 e. The zero-order chi connectivity index (χ0) is 12.4. The summed E-state index contributed by atoms with van der Waals surface area (Å²) in [6.07, 6.45) is 9.05. The zero-order valence-corrected chi connectivity index (χ0v) is 10.8. The third kappa shape index (κ3) is 2.37. The average Bonchev–Trinajstić information content (AvgIpc) is 3.09. The third-order valence-corrected chi connectivity index (χ3v) is 4.52. The van der Waals surface area contributed by atoms with E-state index in [9.17, 15) is 4.79 Å². The predicted molar refractivity (Wildman–Crippen MR) is 69.5 cm³/mol. The van der Waals surface area contributed by atoms with E-state index in [1.54, 1.807) is 6.07 Å². The van der Waals surface area contributed by atoms with Crippen LogP contribution in [0.25, 0.3) is 0 Å². The Bertz CT molecular complexity index is 406. The lowest BCUT2D eigenvalue weighted by Gasteiger charge is -2.28. The van der Waals surface area contributed by atoms with Crippen molar-refractivity contribution in [3.05, 3.63) is 23.7 Å². The SMILES string of the molecule is O=Cc1ccc(CN2CCCC2C2CCCC2)o1. The molecule has 0 spiro atoms. The normalized spacial score (nSPS) is 25.9. The Hall–Kier alpha value is -1.09. The quantitative estimate of drug-likeness (QED) is 0.766. The molecule has 18 heavy (non-hydrogen) atoms. The van der Waals surface area contributed by atoms with Crippen molar-refractivity contribution in [2.24, 2.45) is 5.92 Å². The highest BCUT2D eigenvalue weighted by molar-refractivity contribution is 5.70. The van der Waals surface area contributed by atoms with Crippen LogP contribution in [0.4, 0.5) is 0 Å². The first-order chi connectivity index (χ1) is 8.86. The van der Waals surface area contributed by atoms with Crippen LogP contribution in [0.15, 0.2) is 16.5 Å². The molecule has 1 aliphatic carbocycles. The molecule has 2 heterocycles. The number of likely N-dealkylation sites (tertiary alicyclic amines) is 1. The van der Waals surface area contributed by atoms with Gasteiger partial charge in [-0.15, -0.1) is 0 Å². The van der Waals surface area contributed by atoms with Crippen LogP contribution in [0.5, 0.6) is 0 Å². The summed E-state index contributed by atoms with van der Waals surface area (Å²) in [6, 6.07) is 4.45. The first-order valence-corrected chi connectivity index (χ1v) is 7.15. The summed E-state index contributed by atoms with van der Waals surface area (Å²) in [6.45, 7) is 2.05. The summed E-state index contributed by atoms with van der Waals surface area (Å²) in [5, 5.41) is 0. The maximum Gasteiger partial charge on any atom is 0.185 e. The molecule has 0 radical (unpaired) electrons. The molecular weight excluding hydrogens is 226 g/mol. The predicted octanol–water partition coefficient (Wildman–Crippen LogP) is 3.25. The topological polar surface area (TPSA) is 33.5 Å². The van der Waals surface area contributed by atoms with Crippen LogP contribution in [0, 0.1) is 5.92 Å². The highest BCUT2D eigenvalue weighted by Crippen LogP contribution is 2.36. The van der Waals surface area contributed by atoms with Gasteiger partial charge in [0.05, 0.1) is 6.54 Å². The Labute approximate surface area is 108 Å². The van der Waals surface area contributed by atoms with Gasteiger partial charge in [0.15, 0.2) is 12.0 Å². The van der Waals surface area contributed by atoms with E-state index >= 15 is 0 Å². The van der Waals surface area contributed by atoms with Crippen LogP contribution < -0.4 is 0 Å². The lowest BCUT2D eigenvalue weighted by Crippen LogP contribution is -2.34. The Morgan fingerprint density at radius 1 is 1.22 bits per heavy atom. The monoisotopic (exact) mass is 247 g/mol. The smallest absolute Gasteiger partial charge is 0.185 e. The molecule has 1 atom stereocenters. The number of aldehydes is 1. The van der Waals surface area contributed by atoms with Crippen molar-refractivity contribution in [3.8, 4) is 0 Å². The number of hydrogen-bond donors (Lipinski definition) is 0. The molecule has 3 rings (SSSR count). The molecule has 1 aromatic rings. The van der Waals surface area contributed by atoms with E-state index in [2.05, 4.69) is 4.90 Å². The van der Waals surface area contributed by atoms with E-state index in [0.717, 1.165) is 30.6 Å². The second-order valence-electron chi connectivity index (χ2n) is 5.65. The van der Waals surface area contributed by atoms with Crippen molar-refractivity contribution in [1.82, 2.24) is 4.90 Å². The third-order valence-electron chi connectivity index (χ3n) is 4.52. The first-order valence-electron chi connectivity index (χ1n) is 7.15. The number of nitrogens with zero attached hydrogens (tertiary/aromatic N) is 1. The average molecular weight is 247 g/mol. The summed E-state index contributed by atoms with van der Waals surface area (Å²) in [4.78, 5) is 13.2. The van der Waals surface area contributed by atoms with Gasteiger partial charge in [0.25, 0.3) is 0 Å². The Morgan fingerprint density at radius 2 is 2.06 bits per heavy atom. The van der Waals surface area contributed by atoms with Crippen molar-refractivity contribution < 1.29 is 9.21 Å². The molecule has 98 valence electrons. The van der Waals surface area contributed by atoms with E-state index < -0.39 is 0 Å². The Balaban J connectivity index is 1.65. The number of hydrogen-bond acceptors (Lipinski definition) is 3. The van der Waals surface area contributed by atoms with Gasteiger partial charge in [0.1, 0.15) is 5.76 Å². The number of furan rings is 1. The van der Waals surface area contributed by atoms with Gasteiger partial charge in [-0.05, 0) is 50.3 Å². The van der Waals surface area contributed by atoms with Gasteiger partial charge in [-0.3, -0.25) is 9.69 Å². The van der Waals surface area contributed by atoms with Gasteiger partial charge >= 0.3 is 0 Å². The molecule has 2 fully saturated rings. The highest BCUT2D eigenvalue weighted by Gasteiger charge is 2.33. The van der Waals surface area contributed by atoms with Crippen LogP contribution in [0.2, 0.25) is 0 Å². The fourth-order valence-corrected chi connectivity index (χ4v) is 3.67. The van der Waals surface area contributed by atoms with Crippen LogP contribution in [0.3, 0.4) is 0 Å². The van der Waals surface area contributed by atoms with Crippen LogP contribution >= 0.6 is 0 Å². The fraction of sp³-hybridized carbons (Fsp3) is 0.667. The van der Waals surface area contributed by atoms with Gasteiger partial charge in [-0.1, -0.05) is 12.8 Å². The van der Waals surface area contributed by atoms with E-state index in [4.69, 9.17) is 4.42 Å². The van der Waals surface area contributed by atoms with Gasteiger partial charge < -0.3 is 4.42 Å². The lowest BCUT2D eigenvalue weighted by atomic mass is 9.96. The molecule has 1 aliphatic heterocycles. The minimum atomic E-state index is 0.446. The number of rotatable bonds is 4. The fourth-order valence-electron chi connectivity index (χ4n) is 3.67. The molecule has 3 nitrogen and oxygen atoms in total. The molecule has 1 aromatic heterocycles. The summed E-state index contributed by atoms with van der Waals surface area (Å²) in [7, 11) is 0. The minimum Gasteiger partial charge on any atom is -0.457 e. The van der Waals surface area contributed by atoms with E-state index in [-0.39, 0.29) is 0 Å². The van der Waals surface area contributed by atoms with E-state index in [1.165, 1.54) is 45.1 Å². The summed E-state index contributed by atoms with van der Waals surface area (Å²) in [5.41, 5.74) is 0. The second kappa shape index (κ2) is 5.27. The molecule has 1 saturated carbocycles. The summed E-state index contributed by atoms with van der Waals surface area (Å²) in [5.74, 6) is 2.27. The molecule has 2 aliphatic rings. The molecule has 0 aromatic carbocycles. The Morgan fingerprint density at radius 3 is 2.78 bits per heavy atom. The molecule has 1 saturated heterocycles. The van der Waals surface area contributed by atoms with E-state index in [0.29, 0.717) is 5.76 Å². The summed E-state index contributed by atoms with van der Waals surface area (Å²) < 4.78 is 5.50. The summed E-state index contributed by atoms with van der Waals surface area (Å²) >= 11 is 0. The van der Waals surface area contributed by atoms with Crippen molar-refractivity contribution in [1.29, 1.82) is 0 Å². The standard InChI is InChI=1S/C15H21NO2/c17-11-14-8-7-13(18-14)10-16-9-3-6-15(16)12-4-1-2-5-12/h7-8,11-12,15H,1-6,9-10H2. The second-order valence-corrected chi connectivity index (χ2v) is 5.65. The van der Waals surface area contributed by atoms with Gasteiger partial charge in [-0.2, -0.15) is 0 Å². The van der Waals surface area contributed by atoms with E-state index in [1.807, 2.05) is 6.07 Å². The lowest BCUT2D eigenvalue weighted by molar-refractivity contribution is 0.109. The Kier molecular flexibility index (Phi) is 3.50. The maximum atomic E-state index is 10.6. The molecular formula is C15H21NO2. The molecule has 0 amide bonds. The number of carbonyl (C=O) groups is 1. The van der Waals surface area contributed by atoms with Gasteiger partial charge in [-0.25, -0.2) is 0 Å². The van der Waals surface area contributed by atoms with Crippen molar-refractivity contribution in [2.75, 3.05) is 6.54 Å². The molecule has 1 unspecified atom stereocenters. The number of carbonyl (C=O) groups excluding carboxylic acids is 1. The highest BCUT2D eigenvalue weighted by atomic mass is 16.3. The van der Waals surface area contributed by atoms with Crippen LogP contribution in [-0.2, 0) is 6.54 Å². The molecule has 0 N–H and O–H groups in total. The van der Waals surface area contributed by atoms with Crippen LogP contribution in [-0.4, -0.2) is 23.8 Å². The van der Waals surface area contributed by atoms with Crippen molar-refractivity contribution >= 4 is 6.29 Å². The van der Waals surface area contributed by atoms with Gasteiger partial charge in [0, 0.05) is 6.04 Å². The van der Waals surface area contributed by atoms with Crippen LogP contribution in [0.1, 0.15) is 54.8 Å². The molecule has 3 heteroatoms. The molecule has 0 bridgehead atoms. The zero-order valence-electron chi connectivity index (χ0n) is 10.8. The first kappa shape index (κ1) is 12.0. The maximum absolute atomic E-state index is 10.6. The van der Waals surface area contributed by atoms with Gasteiger partial charge in [0.2, 0.25) is 0 Å².